The van der Waals surface area contributed by atoms with Crippen LogP contribution in [0.2, 0.25) is 0 Å². The average Bonchev–Trinajstić information content (AvgIpc) is 2.62. The Balaban J connectivity index is 1.74. The van der Waals surface area contributed by atoms with E-state index in [1.807, 2.05) is 25.1 Å². The Morgan fingerprint density at radius 1 is 1.15 bits per heavy atom. The second kappa shape index (κ2) is 6.41. The van der Waals surface area contributed by atoms with Crippen LogP contribution in [-0.2, 0) is 6.42 Å². The van der Waals surface area contributed by atoms with E-state index in [0.717, 1.165) is 41.0 Å². The fourth-order valence-electron chi connectivity index (χ4n) is 3.64. The van der Waals surface area contributed by atoms with Crippen molar-refractivity contribution in [3.63, 3.8) is 0 Å². The Morgan fingerprint density at radius 3 is 2.74 bits per heavy atom. The Bertz CT molecular complexity index is 927. The van der Waals surface area contributed by atoms with Crippen molar-refractivity contribution in [2.75, 3.05) is 13.2 Å². The van der Waals surface area contributed by atoms with Gasteiger partial charge in [-0.25, -0.2) is 0 Å². The highest BCUT2D eigenvalue weighted by Crippen LogP contribution is 2.45. The number of hydrogen-bond acceptors (Lipinski definition) is 5. The first-order valence-corrected chi connectivity index (χ1v) is 9.25. The van der Waals surface area contributed by atoms with Crippen LogP contribution in [0, 0.1) is 0 Å². The van der Waals surface area contributed by atoms with Gasteiger partial charge in [0, 0.05) is 28.3 Å². The molecule has 2 heterocycles. The van der Waals surface area contributed by atoms with Crippen LogP contribution < -0.4 is 14.2 Å². The Kier molecular flexibility index (Phi) is 4.17. The molecule has 0 saturated heterocycles. The monoisotopic (exact) mass is 368 g/mol. The summed E-state index contributed by atoms with van der Waals surface area (Å²) in [7, 11) is 0. The fourth-order valence-corrected chi connectivity index (χ4v) is 3.64. The molecule has 0 aliphatic carbocycles. The van der Waals surface area contributed by atoms with Gasteiger partial charge >= 0.3 is 0 Å². The number of hydrogen-bond donors (Lipinski definition) is 2. The first kappa shape index (κ1) is 17.6. The molecule has 5 heteroatoms. The number of rotatable bonds is 3. The van der Waals surface area contributed by atoms with E-state index in [2.05, 4.69) is 13.8 Å². The fraction of sp³-hybridized carbons (Fsp3) is 0.364. The number of phenolic OH excluding ortho intramolecular Hbond substituents is 2. The van der Waals surface area contributed by atoms with E-state index < -0.39 is 0 Å². The molecule has 0 bridgehead atoms. The molecule has 4 rings (SSSR count). The van der Waals surface area contributed by atoms with Gasteiger partial charge in [-0.1, -0.05) is 0 Å². The van der Waals surface area contributed by atoms with Crippen LogP contribution in [-0.4, -0.2) is 29.0 Å². The van der Waals surface area contributed by atoms with Crippen molar-refractivity contribution in [3.05, 3.63) is 41.0 Å². The molecule has 0 saturated carbocycles. The summed E-state index contributed by atoms with van der Waals surface area (Å²) >= 11 is 0. The van der Waals surface area contributed by atoms with Gasteiger partial charge in [0.1, 0.15) is 29.5 Å². The third-order valence-corrected chi connectivity index (χ3v) is 5.04. The van der Waals surface area contributed by atoms with Crippen molar-refractivity contribution in [2.45, 2.75) is 39.2 Å². The molecule has 0 radical (unpaired) electrons. The van der Waals surface area contributed by atoms with Crippen molar-refractivity contribution >= 4 is 11.6 Å². The maximum Gasteiger partial charge on any atom is 0.161 e. The van der Waals surface area contributed by atoms with Crippen molar-refractivity contribution < 1.29 is 24.4 Å². The lowest BCUT2D eigenvalue weighted by molar-refractivity contribution is 0.0834. The van der Waals surface area contributed by atoms with Gasteiger partial charge in [-0.15, -0.1) is 0 Å². The minimum Gasteiger partial charge on any atom is -0.507 e. The number of benzene rings is 2. The third-order valence-electron chi connectivity index (χ3n) is 5.04. The van der Waals surface area contributed by atoms with E-state index >= 15 is 0 Å². The topological polar surface area (TPSA) is 68.2 Å². The van der Waals surface area contributed by atoms with Gasteiger partial charge in [-0.05, 0) is 57.9 Å². The van der Waals surface area contributed by atoms with Gasteiger partial charge in [0.15, 0.2) is 11.5 Å². The first-order chi connectivity index (χ1) is 12.9. The first-order valence-electron chi connectivity index (χ1n) is 9.25. The molecule has 0 fully saturated rings. The highest BCUT2D eigenvalue weighted by molar-refractivity contribution is 5.89. The van der Waals surface area contributed by atoms with E-state index in [1.54, 1.807) is 6.07 Å². The molecule has 0 unspecified atom stereocenters. The summed E-state index contributed by atoms with van der Waals surface area (Å²) in [5, 5.41) is 20.2. The Hall–Kier alpha value is -2.82. The predicted molar refractivity (Wildman–Crippen MR) is 104 cm³/mol. The maximum absolute atomic E-state index is 10.3. The highest BCUT2D eigenvalue weighted by atomic mass is 16.5. The van der Waals surface area contributed by atoms with Crippen LogP contribution >= 0.6 is 0 Å². The summed E-state index contributed by atoms with van der Waals surface area (Å²) in [5.41, 5.74) is 3.33. The zero-order chi connectivity index (χ0) is 19.2. The summed E-state index contributed by atoms with van der Waals surface area (Å²) in [6, 6.07) is 6.92. The predicted octanol–water partition coefficient (Wildman–Crippen LogP) is 4.53. The normalized spacial score (nSPS) is 17.1. The van der Waals surface area contributed by atoms with Crippen LogP contribution in [0.5, 0.6) is 28.7 Å². The maximum atomic E-state index is 10.3. The lowest BCUT2D eigenvalue weighted by atomic mass is 9.91. The molecule has 5 nitrogen and oxygen atoms in total. The lowest BCUT2D eigenvalue weighted by Crippen LogP contribution is -2.33. The van der Waals surface area contributed by atoms with E-state index in [4.69, 9.17) is 14.2 Å². The van der Waals surface area contributed by atoms with Gasteiger partial charge in [0.2, 0.25) is 0 Å². The minimum atomic E-state index is -0.162. The highest BCUT2D eigenvalue weighted by Gasteiger charge is 2.30. The Morgan fingerprint density at radius 2 is 1.96 bits per heavy atom. The zero-order valence-corrected chi connectivity index (χ0v) is 15.8. The molecule has 0 aromatic heterocycles. The molecular formula is C22H24O5. The summed E-state index contributed by atoms with van der Waals surface area (Å²) in [5.74, 6) is 2.00. The molecule has 2 aliphatic heterocycles. The molecule has 2 aromatic carbocycles. The summed E-state index contributed by atoms with van der Waals surface area (Å²) in [6.07, 6.45) is 3.86. The minimum absolute atomic E-state index is 0.00250. The quantitative estimate of drug-likeness (QED) is 0.833. The smallest absolute Gasteiger partial charge is 0.161 e. The number of aromatic hydroxyl groups is 2. The number of ether oxygens (including phenoxy) is 3. The van der Waals surface area contributed by atoms with Crippen LogP contribution in [0.25, 0.3) is 11.6 Å². The molecule has 0 amide bonds. The second-order valence-electron chi connectivity index (χ2n) is 7.55. The summed E-state index contributed by atoms with van der Waals surface area (Å²) in [6.45, 7) is 6.79. The molecule has 0 spiro atoms. The molecule has 0 atom stereocenters. The molecule has 2 N–H and O–H groups in total. The largest absolute Gasteiger partial charge is 0.507 e. The van der Waals surface area contributed by atoms with Crippen molar-refractivity contribution in [3.8, 4) is 28.7 Å². The van der Waals surface area contributed by atoms with E-state index in [0.29, 0.717) is 24.5 Å². The van der Waals surface area contributed by atoms with Gasteiger partial charge in [-0.2, -0.15) is 0 Å². The van der Waals surface area contributed by atoms with Crippen molar-refractivity contribution in [2.24, 2.45) is 0 Å². The van der Waals surface area contributed by atoms with Crippen molar-refractivity contribution in [1.29, 1.82) is 0 Å². The van der Waals surface area contributed by atoms with Gasteiger partial charge < -0.3 is 24.4 Å². The van der Waals surface area contributed by atoms with Crippen LogP contribution in [0.1, 0.15) is 43.9 Å². The van der Waals surface area contributed by atoms with Crippen molar-refractivity contribution in [1.82, 2.24) is 0 Å². The summed E-state index contributed by atoms with van der Waals surface area (Å²) in [4.78, 5) is 0. The Labute approximate surface area is 158 Å². The number of phenols is 2. The average molecular weight is 368 g/mol. The van der Waals surface area contributed by atoms with Crippen LogP contribution in [0.3, 0.4) is 0 Å². The molecule has 2 aliphatic rings. The molecule has 2 aromatic rings. The summed E-state index contributed by atoms with van der Waals surface area (Å²) < 4.78 is 17.6. The SMILES string of the molecule is CCOc1cc(C2=Cc3ccc4c(c3OC2)CCC(C)(C)O4)c(O)cc1O. The third kappa shape index (κ3) is 3.18. The van der Waals surface area contributed by atoms with Crippen LogP contribution in [0.15, 0.2) is 24.3 Å². The number of fused-ring (bicyclic) bond motifs is 3. The van der Waals surface area contributed by atoms with Gasteiger partial charge in [0.05, 0.1) is 6.61 Å². The second-order valence-corrected chi connectivity index (χ2v) is 7.55. The van der Waals surface area contributed by atoms with E-state index in [-0.39, 0.29) is 17.1 Å². The van der Waals surface area contributed by atoms with Gasteiger partial charge in [0.25, 0.3) is 0 Å². The standard InChI is InChI=1S/C22H24O5/c1-4-25-20-10-16(17(23)11-18(20)24)14-9-13-5-6-19-15(21(13)26-12-14)7-8-22(2,3)27-19/h5-6,9-11,23-24H,4,7-8,12H2,1-3H3. The lowest BCUT2D eigenvalue weighted by Gasteiger charge is -2.34. The van der Waals surface area contributed by atoms with Gasteiger partial charge in [-0.3, -0.25) is 0 Å². The van der Waals surface area contributed by atoms with E-state index in [9.17, 15) is 10.2 Å². The van der Waals surface area contributed by atoms with Crippen LogP contribution in [0.4, 0.5) is 0 Å². The zero-order valence-electron chi connectivity index (χ0n) is 15.8. The molecule has 27 heavy (non-hydrogen) atoms. The van der Waals surface area contributed by atoms with E-state index in [1.165, 1.54) is 6.07 Å². The molecular weight excluding hydrogens is 344 g/mol. The molecule has 142 valence electrons.